The smallest absolute Gasteiger partial charge is 0.201 e. The van der Waals surface area contributed by atoms with Crippen LogP contribution in [0.15, 0.2) is 18.5 Å². The minimum absolute atomic E-state index is 0.121. The molecule has 1 unspecified atom stereocenters. The van der Waals surface area contributed by atoms with E-state index in [2.05, 4.69) is 88.1 Å². The molecule has 0 aromatic carbocycles. The Kier molecular flexibility index (Phi) is 11.4. The number of rotatable bonds is 12. The van der Waals surface area contributed by atoms with Crippen molar-refractivity contribution in [1.82, 2.24) is 4.98 Å². The number of aromatic nitrogens is 1. The van der Waals surface area contributed by atoms with Crippen molar-refractivity contribution in [2.75, 3.05) is 12.3 Å². The number of pyridine rings is 1. The van der Waals surface area contributed by atoms with Gasteiger partial charge in [-0.15, -0.1) is 0 Å². The minimum Gasteiger partial charge on any atom is -0.410 e. The van der Waals surface area contributed by atoms with Crippen LogP contribution in [0.5, 0.6) is 0 Å². The Morgan fingerprint density at radius 3 is 1.73 bits per heavy atom. The van der Waals surface area contributed by atoms with Crippen molar-refractivity contribution < 1.29 is 18.7 Å². The molecule has 6 nitrogen and oxygen atoms in total. The Hall–Kier alpha value is -0.776. The average Bonchev–Trinajstić information content (AvgIpc) is 2.79. The molecule has 1 aliphatic rings. The number of anilines is 1. The molecule has 0 aliphatic carbocycles. The molecule has 0 saturated carbocycles. The lowest BCUT2D eigenvalue weighted by Crippen LogP contribution is -2.62. The molecule has 214 valence electrons. The van der Waals surface area contributed by atoms with Crippen LogP contribution in [0.4, 0.5) is 5.69 Å². The highest BCUT2D eigenvalue weighted by Crippen LogP contribution is 2.49. The van der Waals surface area contributed by atoms with E-state index in [4.69, 9.17) is 19.3 Å². The van der Waals surface area contributed by atoms with E-state index in [0.29, 0.717) is 45.4 Å². The lowest BCUT2D eigenvalue weighted by molar-refractivity contribution is -0.173. The van der Waals surface area contributed by atoms with Gasteiger partial charge in [0.15, 0.2) is 0 Å². The highest BCUT2D eigenvalue weighted by atomic mass is 28.4. The molecule has 2 rings (SSSR count). The monoisotopic (exact) mass is 552 g/mol. The van der Waals surface area contributed by atoms with Gasteiger partial charge in [-0.3, -0.25) is 4.98 Å². The first kappa shape index (κ1) is 32.4. The van der Waals surface area contributed by atoms with Crippen LogP contribution in [0.2, 0.25) is 33.2 Å². The number of nitrogen functional groups attached to an aromatic ring is 1. The predicted molar refractivity (Wildman–Crippen MR) is 160 cm³/mol. The second-order valence-corrected chi connectivity index (χ2v) is 23.8. The van der Waals surface area contributed by atoms with Gasteiger partial charge in [-0.05, 0) is 39.3 Å². The molecule has 1 aromatic heterocycles. The van der Waals surface area contributed by atoms with E-state index in [1.54, 1.807) is 12.4 Å². The summed E-state index contributed by atoms with van der Waals surface area (Å²) in [5.74, 6) is 0. The Balaban J connectivity index is 2.67. The normalized spacial score (nSPS) is 23.9. The highest BCUT2D eigenvalue weighted by molar-refractivity contribution is 6.78. The maximum atomic E-state index is 10.7. The first-order valence-corrected chi connectivity index (χ1v) is 18.8. The van der Waals surface area contributed by atoms with Gasteiger partial charge in [0, 0.05) is 18.2 Å². The fraction of sp³-hybridized carbons (Fsp3) is 0.828. The summed E-state index contributed by atoms with van der Waals surface area (Å²) in [5.41, 5.74) is 10.4. The third kappa shape index (κ3) is 6.35. The van der Waals surface area contributed by atoms with Gasteiger partial charge < -0.3 is 24.4 Å². The van der Waals surface area contributed by atoms with Crippen molar-refractivity contribution in [1.29, 1.82) is 0 Å². The van der Waals surface area contributed by atoms with Crippen molar-refractivity contribution >= 4 is 22.3 Å². The first-order chi connectivity index (χ1) is 17.2. The van der Waals surface area contributed by atoms with Crippen molar-refractivity contribution in [2.45, 2.75) is 147 Å². The Labute approximate surface area is 229 Å². The molecule has 8 heteroatoms. The van der Waals surface area contributed by atoms with Gasteiger partial charge in [-0.25, -0.2) is 0 Å². The van der Waals surface area contributed by atoms with Crippen LogP contribution >= 0.6 is 0 Å². The zero-order valence-electron chi connectivity index (χ0n) is 25.6. The first-order valence-electron chi connectivity index (χ1n) is 14.5. The van der Waals surface area contributed by atoms with Gasteiger partial charge in [0.2, 0.25) is 16.6 Å². The lowest BCUT2D eigenvalue weighted by atomic mass is 9.94. The average molecular weight is 553 g/mol. The summed E-state index contributed by atoms with van der Waals surface area (Å²) in [6, 6.07) is 1.93. The summed E-state index contributed by atoms with van der Waals surface area (Å²) in [5, 5.41) is 10.7. The van der Waals surface area contributed by atoms with E-state index < -0.39 is 22.7 Å². The molecule has 1 aromatic rings. The third-order valence-corrected chi connectivity index (χ3v) is 21.3. The van der Waals surface area contributed by atoms with Gasteiger partial charge >= 0.3 is 0 Å². The zero-order chi connectivity index (χ0) is 28.3. The van der Waals surface area contributed by atoms with Crippen molar-refractivity contribution in [3.8, 4) is 0 Å². The Bertz CT molecular complexity index is 803. The zero-order valence-corrected chi connectivity index (χ0v) is 27.6. The summed E-state index contributed by atoms with van der Waals surface area (Å²) in [4.78, 5) is 4.18. The van der Waals surface area contributed by atoms with Crippen LogP contribution in [0.3, 0.4) is 0 Å². The molecule has 0 radical (unpaired) electrons. The lowest BCUT2D eigenvalue weighted by Gasteiger charge is -2.53. The summed E-state index contributed by atoms with van der Waals surface area (Å²) >= 11 is 0. The topological polar surface area (TPSA) is 86.8 Å². The standard InChI is InChI=1S/C29H56N2O4Si2/c1-18(2)36(19(3)4,20(5)6)34-27-15-26(24-13-14-31-16-25(24)30)33-28(17-32)29(27)35-37(21(7)8,22(9)10)23(11)12/h13-14,16,18-23,26-29,32H,15,17,30H2,1-12H3/t26?,27-,28-,29+/m1/s1. The van der Waals surface area contributed by atoms with Crippen molar-refractivity contribution in [3.63, 3.8) is 0 Å². The number of nitrogens with two attached hydrogens (primary N) is 1. The minimum atomic E-state index is -2.27. The molecule has 1 fully saturated rings. The van der Waals surface area contributed by atoms with Gasteiger partial charge in [0.25, 0.3) is 0 Å². The fourth-order valence-electron chi connectivity index (χ4n) is 7.57. The Morgan fingerprint density at radius 1 is 0.865 bits per heavy atom. The van der Waals surface area contributed by atoms with E-state index in [-0.39, 0.29) is 24.9 Å². The van der Waals surface area contributed by atoms with E-state index >= 15 is 0 Å². The van der Waals surface area contributed by atoms with E-state index in [1.165, 1.54) is 0 Å². The molecule has 37 heavy (non-hydrogen) atoms. The van der Waals surface area contributed by atoms with Crippen molar-refractivity contribution in [3.05, 3.63) is 24.0 Å². The summed E-state index contributed by atoms with van der Waals surface area (Å²) in [6.07, 6.45) is 2.79. The SMILES string of the molecule is CC(C)[Si](O[C@@H]1[C@@H](CO)OC(c2ccncc2N)C[C@H]1O[Si](C(C)C)(C(C)C)C(C)C)(C(C)C)C(C)C. The highest BCUT2D eigenvalue weighted by Gasteiger charge is 2.54. The molecular weight excluding hydrogens is 497 g/mol. The van der Waals surface area contributed by atoms with E-state index in [9.17, 15) is 5.11 Å². The van der Waals surface area contributed by atoms with Crippen LogP contribution in [0.25, 0.3) is 0 Å². The summed E-state index contributed by atoms with van der Waals surface area (Å²) in [6.45, 7) is 27.6. The second-order valence-electron chi connectivity index (χ2n) is 13.0. The molecule has 0 bridgehead atoms. The quantitative estimate of drug-likeness (QED) is 0.260. The number of aliphatic hydroxyl groups excluding tert-OH is 1. The molecule has 1 aliphatic heterocycles. The van der Waals surface area contributed by atoms with Gasteiger partial charge in [0.1, 0.15) is 6.10 Å². The maximum Gasteiger partial charge on any atom is 0.201 e. The predicted octanol–water partition coefficient (Wildman–Crippen LogP) is 7.61. The molecule has 1 saturated heterocycles. The van der Waals surface area contributed by atoms with Gasteiger partial charge in [-0.1, -0.05) is 83.1 Å². The van der Waals surface area contributed by atoms with Crippen LogP contribution in [0, 0.1) is 0 Å². The van der Waals surface area contributed by atoms with Crippen molar-refractivity contribution in [2.24, 2.45) is 0 Å². The molecular formula is C29H56N2O4Si2. The summed E-state index contributed by atoms with van der Waals surface area (Å²) in [7, 11) is -4.52. The summed E-state index contributed by atoms with van der Waals surface area (Å²) < 4.78 is 21.5. The van der Waals surface area contributed by atoms with Crippen LogP contribution in [-0.4, -0.2) is 51.6 Å². The number of hydrogen-bond donors (Lipinski definition) is 2. The number of ether oxygens (including phenoxy) is 1. The molecule has 4 atom stereocenters. The van der Waals surface area contributed by atoms with Crippen LogP contribution in [-0.2, 0) is 13.6 Å². The van der Waals surface area contributed by atoms with Gasteiger partial charge in [0.05, 0.1) is 36.8 Å². The molecule has 0 spiro atoms. The number of hydrogen-bond acceptors (Lipinski definition) is 6. The largest absolute Gasteiger partial charge is 0.410 e. The van der Waals surface area contributed by atoms with Crippen LogP contribution < -0.4 is 5.73 Å². The molecule has 2 heterocycles. The fourth-order valence-corrected chi connectivity index (χ4v) is 18.7. The van der Waals surface area contributed by atoms with Gasteiger partial charge in [-0.2, -0.15) is 0 Å². The maximum absolute atomic E-state index is 10.7. The van der Waals surface area contributed by atoms with E-state index in [0.717, 1.165) is 5.56 Å². The van der Waals surface area contributed by atoms with Crippen LogP contribution in [0.1, 0.15) is 101 Å². The molecule has 0 amide bonds. The number of nitrogens with zero attached hydrogens (tertiary/aromatic N) is 1. The third-order valence-electron chi connectivity index (χ3n) is 9.04. The number of aliphatic hydroxyl groups is 1. The molecule has 3 N–H and O–H groups in total. The second kappa shape index (κ2) is 13.1. The van der Waals surface area contributed by atoms with E-state index in [1.807, 2.05) is 6.07 Å². The Morgan fingerprint density at radius 2 is 1.32 bits per heavy atom.